The number of aryl methyl sites for hydroxylation is 2. The first-order valence-electron chi connectivity index (χ1n) is 8.73. The van der Waals surface area contributed by atoms with Crippen LogP contribution in [-0.4, -0.2) is 25.7 Å². The highest BCUT2D eigenvalue weighted by molar-refractivity contribution is 6.06. The number of hydrogen-bond donors (Lipinski definition) is 1. The van der Waals surface area contributed by atoms with Gasteiger partial charge >= 0.3 is 0 Å². The van der Waals surface area contributed by atoms with Crippen molar-refractivity contribution in [3.63, 3.8) is 0 Å². The predicted molar refractivity (Wildman–Crippen MR) is 104 cm³/mol. The Bertz CT molecular complexity index is 1100. The van der Waals surface area contributed by atoms with E-state index in [0.29, 0.717) is 17.8 Å². The number of fused-ring (bicyclic) bond motifs is 1. The molecule has 0 aliphatic rings. The lowest BCUT2D eigenvalue weighted by Gasteiger charge is -2.08. The monoisotopic (exact) mass is 357 g/mol. The van der Waals surface area contributed by atoms with E-state index in [9.17, 15) is 4.79 Å². The van der Waals surface area contributed by atoms with Crippen LogP contribution in [0.25, 0.3) is 16.7 Å². The van der Waals surface area contributed by atoms with Crippen LogP contribution >= 0.6 is 0 Å². The number of aromatic nitrogens is 4. The molecule has 0 aliphatic carbocycles. The first-order valence-corrected chi connectivity index (χ1v) is 8.73. The number of carbonyl (C=O) groups is 1. The second kappa shape index (κ2) is 6.99. The molecule has 3 heterocycles. The van der Waals surface area contributed by atoms with E-state index in [-0.39, 0.29) is 5.91 Å². The van der Waals surface area contributed by atoms with Crippen molar-refractivity contribution in [3.8, 4) is 5.69 Å². The van der Waals surface area contributed by atoms with Crippen molar-refractivity contribution in [3.05, 3.63) is 83.4 Å². The van der Waals surface area contributed by atoms with Crippen molar-refractivity contribution >= 4 is 16.9 Å². The van der Waals surface area contributed by atoms with Crippen molar-refractivity contribution < 1.29 is 4.79 Å². The zero-order valence-electron chi connectivity index (χ0n) is 15.2. The zero-order chi connectivity index (χ0) is 18.8. The molecule has 6 nitrogen and oxygen atoms in total. The summed E-state index contributed by atoms with van der Waals surface area (Å²) in [6, 6.07) is 15.4. The first kappa shape index (κ1) is 16.9. The Morgan fingerprint density at radius 3 is 2.67 bits per heavy atom. The second-order valence-electron chi connectivity index (χ2n) is 6.39. The molecule has 0 saturated carbocycles. The summed E-state index contributed by atoms with van der Waals surface area (Å²) in [5, 5.41) is 8.37. The smallest absolute Gasteiger partial charge is 0.252 e. The number of pyridine rings is 2. The third kappa shape index (κ3) is 3.29. The van der Waals surface area contributed by atoms with Crippen LogP contribution in [0, 0.1) is 13.8 Å². The summed E-state index contributed by atoms with van der Waals surface area (Å²) in [7, 11) is 0. The summed E-state index contributed by atoms with van der Waals surface area (Å²) in [6.07, 6.45) is 3.45. The molecule has 6 heteroatoms. The maximum atomic E-state index is 12.9. The Labute approximate surface area is 156 Å². The Hall–Kier alpha value is -3.54. The van der Waals surface area contributed by atoms with Gasteiger partial charge in [0.2, 0.25) is 0 Å². The molecule has 0 aliphatic heterocycles. The molecule has 1 N–H and O–H groups in total. The molecule has 0 spiro atoms. The lowest BCUT2D eigenvalue weighted by Crippen LogP contribution is -2.23. The molecule has 0 bridgehead atoms. The number of benzene rings is 1. The number of hydrogen-bond acceptors (Lipinski definition) is 4. The minimum Gasteiger partial charge on any atom is -0.348 e. The Kier molecular flexibility index (Phi) is 4.38. The van der Waals surface area contributed by atoms with Gasteiger partial charge in [0, 0.05) is 24.6 Å². The predicted octanol–water partition coefficient (Wildman–Crippen LogP) is 3.36. The van der Waals surface area contributed by atoms with Gasteiger partial charge in [-0.2, -0.15) is 5.10 Å². The van der Waals surface area contributed by atoms with Crippen LogP contribution in [0.3, 0.4) is 0 Å². The third-order valence-electron chi connectivity index (χ3n) is 4.36. The van der Waals surface area contributed by atoms with Gasteiger partial charge < -0.3 is 5.32 Å². The fourth-order valence-electron chi connectivity index (χ4n) is 3.12. The summed E-state index contributed by atoms with van der Waals surface area (Å²) in [5.74, 6) is -0.148. The molecular formula is C21H19N5O. The maximum Gasteiger partial charge on any atom is 0.252 e. The fourth-order valence-corrected chi connectivity index (χ4v) is 3.12. The average molecular weight is 357 g/mol. The molecule has 27 heavy (non-hydrogen) atoms. The molecule has 0 saturated heterocycles. The lowest BCUT2D eigenvalue weighted by molar-refractivity contribution is 0.0952. The number of carbonyl (C=O) groups excluding carboxylic acids is 1. The van der Waals surface area contributed by atoms with Gasteiger partial charge in [0.15, 0.2) is 5.65 Å². The highest BCUT2D eigenvalue weighted by atomic mass is 16.1. The second-order valence-corrected chi connectivity index (χ2v) is 6.39. The molecule has 1 amide bonds. The van der Waals surface area contributed by atoms with Crippen LogP contribution in [-0.2, 0) is 6.54 Å². The molecule has 0 radical (unpaired) electrons. The van der Waals surface area contributed by atoms with Gasteiger partial charge in [0.25, 0.3) is 5.91 Å². The van der Waals surface area contributed by atoms with E-state index in [0.717, 1.165) is 28.0 Å². The van der Waals surface area contributed by atoms with Gasteiger partial charge in [-0.05, 0) is 43.7 Å². The van der Waals surface area contributed by atoms with Gasteiger partial charge in [-0.3, -0.25) is 9.78 Å². The van der Waals surface area contributed by atoms with Crippen LogP contribution in [0.4, 0.5) is 0 Å². The summed E-state index contributed by atoms with van der Waals surface area (Å²) in [4.78, 5) is 21.6. The fraction of sp³-hybridized carbons (Fsp3) is 0.143. The van der Waals surface area contributed by atoms with Crippen molar-refractivity contribution in [2.45, 2.75) is 20.4 Å². The van der Waals surface area contributed by atoms with Crippen molar-refractivity contribution in [1.82, 2.24) is 25.1 Å². The number of amides is 1. The first-order chi connectivity index (χ1) is 13.1. The Balaban J connectivity index is 1.75. The average Bonchev–Trinajstić information content (AvgIpc) is 3.03. The van der Waals surface area contributed by atoms with Crippen LogP contribution < -0.4 is 5.32 Å². The normalized spacial score (nSPS) is 10.9. The van der Waals surface area contributed by atoms with Crippen LogP contribution in [0.1, 0.15) is 27.3 Å². The number of para-hydroxylation sites is 1. The molecule has 0 unspecified atom stereocenters. The highest BCUT2D eigenvalue weighted by Gasteiger charge is 2.19. The van der Waals surface area contributed by atoms with Gasteiger partial charge in [0.05, 0.1) is 22.3 Å². The number of rotatable bonds is 4. The van der Waals surface area contributed by atoms with Gasteiger partial charge in [-0.1, -0.05) is 24.3 Å². The minimum atomic E-state index is -0.148. The van der Waals surface area contributed by atoms with E-state index in [1.807, 2.05) is 62.4 Å². The quantitative estimate of drug-likeness (QED) is 0.608. The SMILES string of the molecule is Cc1cc(C(=O)NCc2cccnc2)c2c(C)nn(-c3ccccc3)c2n1. The number of nitrogens with zero attached hydrogens (tertiary/aromatic N) is 4. The standard InChI is InChI=1S/C21H19N5O/c1-14-11-18(21(27)23-13-16-7-6-10-22-12-16)19-15(2)25-26(20(19)24-14)17-8-4-3-5-9-17/h3-12H,13H2,1-2H3,(H,23,27). The molecule has 1 aromatic carbocycles. The minimum absolute atomic E-state index is 0.148. The van der Waals surface area contributed by atoms with E-state index in [1.54, 1.807) is 17.1 Å². The molecule has 0 atom stereocenters. The van der Waals surface area contributed by atoms with Crippen LogP contribution in [0.5, 0.6) is 0 Å². The van der Waals surface area contributed by atoms with Crippen molar-refractivity contribution in [1.29, 1.82) is 0 Å². The van der Waals surface area contributed by atoms with E-state index in [4.69, 9.17) is 0 Å². The van der Waals surface area contributed by atoms with Crippen molar-refractivity contribution in [2.24, 2.45) is 0 Å². The maximum absolute atomic E-state index is 12.9. The zero-order valence-corrected chi connectivity index (χ0v) is 15.2. The van der Waals surface area contributed by atoms with Crippen LogP contribution in [0.2, 0.25) is 0 Å². The van der Waals surface area contributed by atoms with E-state index in [1.165, 1.54) is 0 Å². The Morgan fingerprint density at radius 1 is 1.11 bits per heavy atom. The third-order valence-corrected chi connectivity index (χ3v) is 4.36. The Morgan fingerprint density at radius 2 is 1.93 bits per heavy atom. The highest BCUT2D eigenvalue weighted by Crippen LogP contribution is 2.24. The van der Waals surface area contributed by atoms with E-state index in [2.05, 4.69) is 20.4 Å². The van der Waals surface area contributed by atoms with E-state index < -0.39 is 0 Å². The molecule has 134 valence electrons. The molecular weight excluding hydrogens is 338 g/mol. The molecule has 0 fully saturated rings. The molecule has 4 rings (SSSR count). The van der Waals surface area contributed by atoms with E-state index >= 15 is 0 Å². The summed E-state index contributed by atoms with van der Waals surface area (Å²) in [6.45, 7) is 4.20. The lowest BCUT2D eigenvalue weighted by atomic mass is 10.1. The molecule has 3 aromatic heterocycles. The molecule has 4 aromatic rings. The van der Waals surface area contributed by atoms with Gasteiger partial charge in [-0.25, -0.2) is 9.67 Å². The van der Waals surface area contributed by atoms with Crippen molar-refractivity contribution in [2.75, 3.05) is 0 Å². The largest absolute Gasteiger partial charge is 0.348 e. The topological polar surface area (TPSA) is 72.7 Å². The number of nitrogens with one attached hydrogen (secondary N) is 1. The summed E-state index contributed by atoms with van der Waals surface area (Å²) < 4.78 is 1.79. The summed E-state index contributed by atoms with van der Waals surface area (Å²) >= 11 is 0. The van der Waals surface area contributed by atoms with Gasteiger partial charge in [0.1, 0.15) is 0 Å². The summed E-state index contributed by atoms with van der Waals surface area (Å²) in [5.41, 5.74) is 4.67. The van der Waals surface area contributed by atoms with Gasteiger partial charge in [-0.15, -0.1) is 0 Å². The van der Waals surface area contributed by atoms with Crippen LogP contribution in [0.15, 0.2) is 60.9 Å².